The molecule has 0 saturated carbocycles. The number of rotatable bonds is 4. The largest absolute Gasteiger partial charge is 0.309 e. The van der Waals surface area contributed by atoms with Crippen molar-refractivity contribution in [1.29, 1.82) is 0 Å². The number of hydrogen-bond donors (Lipinski definition) is 0. The zero-order chi connectivity index (χ0) is 29.7. The van der Waals surface area contributed by atoms with Crippen LogP contribution < -0.4 is 0 Å². The van der Waals surface area contributed by atoms with Crippen LogP contribution in [0, 0.1) is 0 Å². The highest BCUT2D eigenvalue weighted by atomic mass is 15.0. The molecule has 2 heteroatoms. The van der Waals surface area contributed by atoms with E-state index in [0.29, 0.717) is 0 Å². The number of pyridine rings is 1. The average molecular weight is 573 g/mol. The Bertz CT molecular complexity index is 2370. The Morgan fingerprint density at radius 3 is 1.40 bits per heavy atom. The van der Waals surface area contributed by atoms with Crippen LogP contribution in [-0.2, 0) is 0 Å². The molecular weight excluding hydrogens is 544 g/mol. The topological polar surface area (TPSA) is 17.8 Å². The van der Waals surface area contributed by atoms with Crippen LogP contribution in [0.2, 0.25) is 0 Å². The summed E-state index contributed by atoms with van der Waals surface area (Å²) < 4.78 is 2.43. The van der Waals surface area contributed by atoms with E-state index < -0.39 is 0 Å². The summed E-state index contributed by atoms with van der Waals surface area (Å²) in [5.74, 6) is 0. The van der Waals surface area contributed by atoms with Crippen LogP contribution in [0.4, 0.5) is 0 Å². The highest BCUT2D eigenvalue weighted by Crippen LogP contribution is 2.41. The van der Waals surface area contributed by atoms with Crippen LogP contribution in [0.1, 0.15) is 0 Å². The van der Waals surface area contributed by atoms with Crippen LogP contribution in [0.5, 0.6) is 0 Å². The summed E-state index contributed by atoms with van der Waals surface area (Å²) >= 11 is 0. The van der Waals surface area contributed by atoms with E-state index in [1.54, 1.807) is 0 Å². The van der Waals surface area contributed by atoms with Gasteiger partial charge in [0.05, 0.1) is 22.4 Å². The summed E-state index contributed by atoms with van der Waals surface area (Å²) in [5, 5.41) is 7.66. The minimum absolute atomic E-state index is 0.965. The third kappa shape index (κ3) is 4.22. The van der Waals surface area contributed by atoms with Gasteiger partial charge in [-0.15, -0.1) is 0 Å². The summed E-state index contributed by atoms with van der Waals surface area (Å²) in [5.41, 5.74) is 9.99. The quantitative estimate of drug-likeness (QED) is 0.205. The molecular formula is C43H28N2. The Balaban J connectivity index is 1.31. The lowest BCUT2D eigenvalue weighted by Crippen LogP contribution is -1.95. The second kappa shape index (κ2) is 10.3. The van der Waals surface area contributed by atoms with Gasteiger partial charge < -0.3 is 4.57 Å². The molecule has 0 atom stereocenters. The molecule has 210 valence electrons. The number of nitrogens with zero attached hydrogens (tertiary/aromatic N) is 2. The van der Waals surface area contributed by atoms with Gasteiger partial charge in [0.1, 0.15) is 0 Å². The summed E-state index contributed by atoms with van der Waals surface area (Å²) in [6.45, 7) is 0. The first-order chi connectivity index (χ1) is 22.3. The third-order valence-corrected chi connectivity index (χ3v) is 8.95. The highest BCUT2D eigenvalue weighted by Gasteiger charge is 2.18. The number of benzene rings is 7. The molecule has 45 heavy (non-hydrogen) atoms. The van der Waals surface area contributed by atoms with E-state index >= 15 is 0 Å². The molecule has 0 fully saturated rings. The molecule has 0 spiro atoms. The van der Waals surface area contributed by atoms with E-state index in [2.05, 4.69) is 162 Å². The highest BCUT2D eigenvalue weighted by molar-refractivity contribution is 6.28. The molecule has 9 rings (SSSR count). The zero-order valence-corrected chi connectivity index (χ0v) is 24.6. The van der Waals surface area contributed by atoms with Crippen molar-refractivity contribution in [1.82, 2.24) is 9.55 Å². The van der Waals surface area contributed by atoms with Gasteiger partial charge in [-0.05, 0) is 69.1 Å². The summed E-state index contributed by atoms with van der Waals surface area (Å²) in [6.07, 6.45) is 0. The van der Waals surface area contributed by atoms with E-state index in [9.17, 15) is 0 Å². The van der Waals surface area contributed by atoms with Crippen LogP contribution >= 0.6 is 0 Å². The summed E-state index contributed by atoms with van der Waals surface area (Å²) in [7, 11) is 0. The maximum Gasteiger partial charge on any atom is 0.0715 e. The standard InChI is InChI=1S/C43H28N2/c1-3-14-31(15-4-1)38-27-34(28-39(44-38)32-16-5-2-6-17-32)33-18-11-19-35(26-33)45-40-24-22-29-12-7-9-20-36(29)42(40)43-37-21-10-8-13-30(37)23-25-41(43)45/h1-28H. The van der Waals surface area contributed by atoms with Crippen LogP contribution in [0.15, 0.2) is 170 Å². The van der Waals surface area contributed by atoms with E-state index in [1.807, 2.05) is 12.1 Å². The minimum atomic E-state index is 0.965. The first-order valence-electron chi connectivity index (χ1n) is 15.4. The predicted octanol–water partition coefficient (Wildman–Crippen LogP) is 11.5. The molecule has 0 saturated heterocycles. The molecule has 0 radical (unpaired) electrons. The molecule has 2 heterocycles. The summed E-state index contributed by atoms with van der Waals surface area (Å²) in [6, 6.07) is 60.8. The maximum absolute atomic E-state index is 5.11. The molecule has 0 amide bonds. The molecule has 0 N–H and O–H groups in total. The molecule has 0 aliphatic heterocycles. The first-order valence-corrected chi connectivity index (χ1v) is 15.4. The lowest BCUT2D eigenvalue weighted by molar-refractivity contribution is 1.18. The summed E-state index contributed by atoms with van der Waals surface area (Å²) in [4.78, 5) is 5.11. The Morgan fingerprint density at radius 1 is 0.356 bits per heavy atom. The van der Waals surface area contributed by atoms with E-state index in [0.717, 1.165) is 39.3 Å². The Hall–Kier alpha value is -5.99. The van der Waals surface area contributed by atoms with Crippen molar-refractivity contribution in [2.24, 2.45) is 0 Å². The van der Waals surface area contributed by atoms with Crippen molar-refractivity contribution in [2.75, 3.05) is 0 Å². The number of hydrogen-bond acceptors (Lipinski definition) is 1. The van der Waals surface area contributed by atoms with Gasteiger partial charge in [-0.25, -0.2) is 4.98 Å². The average Bonchev–Trinajstić information content (AvgIpc) is 3.48. The fourth-order valence-corrected chi connectivity index (χ4v) is 6.86. The van der Waals surface area contributed by atoms with E-state index in [1.165, 1.54) is 43.4 Å². The van der Waals surface area contributed by atoms with Gasteiger partial charge >= 0.3 is 0 Å². The molecule has 0 aliphatic rings. The molecule has 0 aliphatic carbocycles. The normalized spacial score (nSPS) is 11.6. The molecule has 2 nitrogen and oxygen atoms in total. The fraction of sp³-hybridized carbons (Fsp3) is 0. The molecule has 2 aromatic heterocycles. The maximum atomic E-state index is 5.11. The Morgan fingerprint density at radius 2 is 0.844 bits per heavy atom. The van der Waals surface area contributed by atoms with E-state index in [-0.39, 0.29) is 0 Å². The monoisotopic (exact) mass is 572 g/mol. The van der Waals surface area contributed by atoms with E-state index in [4.69, 9.17) is 4.98 Å². The lowest BCUT2D eigenvalue weighted by Gasteiger charge is -2.13. The van der Waals surface area contributed by atoms with Crippen LogP contribution in [0.3, 0.4) is 0 Å². The van der Waals surface area contributed by atoms with Crippen molar-refractivity contribution >= 4 is 43.4 Å². The Kier molecular flexibility index (Phi) is 5.85. The van der Waals surface area contributed by atoms with Crippen LogP contribution in [-0.4, -0.2) is 9.55 Å². The molecule has 9 aromatic rings. The van der Waals surface area contributed by atoms with Gasteiger partial charge in [-0.2, -0.15) is 0 Å². The minimum Gasteiger partial charge on any atom is -0.309 e. The van der Waals surface area contributed by atoms with Gasteiger partial charge in [0.25, 0.3) is 0 Å². The van der Waals surface area contributed by atoms with Crippen LogP contribution in [0.25, 0.3) is 82.7 Å². The second-order valence-electron chi connectivity index (χ2n) is 11.6. The van der Waals surface area contributed by atoms with Gasteiger partial charge in [0.2, 0.25) is 0 Å². The number of aromatic nitrogens is 2. The second-order valence-corrected chi connectivity index (χ2v) is 11.6. The van der Waals surface area contributed by atoms with Crippen molar-refractivity contribution in [3.8, 4) is 39.3 Å². The third-order valence-electron chi connectivity index (χ3n) is 8.95. The Labute approximate surface area is 261 Å². The van der Waals surface area contributed by atoms with Crippen molar-refractivity contribution in [3.05, 3.63) is 170 Å². The van der Waals surface area contributed by atoms with Crippen molar-refractivity contribution in [2.45, 2.75) is 0 Å². The van der Waals surface area contributed by atoms with Crippen molar-refractivity contribution < 1.29 is 0 Å². The van der Waals surface area contributed by atoms with Crippen molar-refractivity contribution in [3.63, 3.8) is 0 Å². The zero-order valence-electron chi connectivity index (χ0n) is 24.6. The molecule has 7 aromatic carbocycles. The lowest BCUT2D eigenvalue weighted by atomic mass is 9.99. The van der Waals surface area contributed by atoms with Gasteiger partial charge in [-0.1, -0.05) is 133 Å². The smallest absolute Gasteiger partial charge is 0.0715 e. The SMILES string of the molecule is c1ccc(-c2cc(-c3cccc(-n4c5ccc6ccccc6c5c5c6ccccc6ccc54)c3)cc(-c3ccccc3)n2)cc1. The van der Waals surface area contributed by atoms with Gasteiger partial charge in [0.15, 0.2) is 0 Å². The fourth-order valence-electron chi connectivity index (χ4n) is 6.86. The first kappa shape index (κ1) is 25.5. The molecule has 0 bridgehead atoms. The number of fused-ring (bicyclic) bond motifs is 7. The predicted molar refractivity (Wildman–Crippen MR) is 190 cm³/mol. The molecule has 0 unspecified atom stereocenters. The van der Waals surface area contributed by atoms with Gasteiger partial charge in [0, 0.05) is 27.6 Å². The van der Waals surface area contributed by atoms with Gasteiger partial charge in [-0.3, -0.25) is 0 Å².